The molecule has 0 aromatic heterocycles. The van der Waals surface area contributed by atoms with E-state index in [0.717, 1.165) is 24.6 Å². The molecule has 2 aromatic carbocycles. The first-order chi connectivity index (χ1) is 11.9. The van der Waals surface area contributed by atoms with Crippen molar-refractivity contribution in [2.24, 2.45) is 0 Å². The molecule has 2 aromatic rings. The fourth-order valence-electron chi connectivity index (χ4n) is 3.10. The first kappa shape index (κ1) is 17.8. The molecule has 25 heavy (non-hydrogen) atoms. The number of benzene rings is 2. The quantitative estimate of drug-likeness (QED) is 0.826. The first-order valence-corrected chi connectivity index (χ1v) is 8.25. The Balaban J connectivity index is 1.58. The van der Waals surface area contributed by atoms with Gasteiger partial charge in [0.15, 0.2) is 0 Å². The number of rotatable bonds is 5. The summed E-state index contributed by atoms with van der Waals surface area (Å²) in [6.45, 7) is 2.13. The van der Waals surface area contributed by atoms with E-state index in [9.17, 15) is 13.2 Å². The molecule has 134 valence electrons. The number of likely N-dealkylation sites (tertiary alicyclic amines) is 1. The maximum Gasteiger partial charge on any atom is 0.416 e. The number of nitrogens with zero attached hydrogens (tertiary/aromatic N) is 1. The molecule has 0 saturated carbocycles. The maximum absolute atomic E-state index is 13.2. The smallest absolute Gasteiger partial charge is 0.399 e. The van der Waals surface area contributed by atoms with Crippen LogP contribution in [0.4, 0.5) is 18.9 Å². The zero-order valence-corrected chi connectivity index (χ0v) is 13.8. The van der Waals surface area contributed by atoms with Crippen molar-refractivity contribution in [3.63, 3.8) is 0 Å². The Morgan fingerprint density at radius 2 is 1.88 bits per heavy atom. The summed E-state index contributed by atoms with van der Waals surface area (Å²) < 4.78 is 45.5. The van der Waals surface area contributed by atoms with Gasteiger partial charge in [0, 0.05) is 25.3 Å². The largest absolute Gasteiger partial charge is 0.416 e. The first-order valence-electron chi connectivity index (χ1n) is 8.25. The van der Waals surface area contributed by atoms with Crippen LogP contribution in [0.15, 0.2) is 48.5 Å². The number of alkyl halides is 3. The van der Waals surface area contributed by atoms with E-state index in [4.69, 9.17) is 10.5 Å². The van der Waals surface area contributed by atoms with Crippen LogP contribution in [-0.4, -0.2) is 24.1 Å². The number of ether oxygens (including phenoxy) is 1. The van der Waals surface area contributed by atoms with Crippen molar-refractivity contribution in [3.8, 4) is 0 Å². The van der Waals surface area contributed by atoms with Crippen molar-refractivity contribution < 1.29 is 17.9 Å². The van der Waals surface area contributed by atoms with Gasteiger partial charge in [0.2, 0.25) is 0 Å². The molecular weight excluding hydrogens is 329 g/mol. The lowest BCUT2D eigenvalue weighted by atomic mass is 10.1. The monoisotopic (exact) mass is 350 g/mol. The molecule has 0 radical (unpaired) electrons. The molecule has 0 unspecified atom stereocenters. The van der Waals surface area contributed by atoms with E-state index in [-0.39, 0.29) is 23.9 Å². The lowest BCUT2D eigenvalue weighted by Crippen LogP contribution is -2.24. The predicted octanol–water partition coefficient (Wildman–Crippen LogP) is 4.08. The third kappa shape index (κ3) is 4.74. The van der Waals surface area contributed by atoms with E-state index in [0.29, 0.717) is 13.2 Å². The summed E-state index contributed by atoms with van der Waals surface area (Å²) in [5.74, 6) is 0. The van der Waals surface area contributed by atoms with Crippen LogP contribution in [0.3, 0.4) is 0 Å². The van der Waals surface area contributed by atoms with Crippen molar-refractivity contribution in [1.82, 2.24) is 4.90 Å². The highest BCUT2D eigenvalue weighted by Gasteiger charge is 2.34. The van der Waals surface area contributed by atoms with E-state index in [1.165, 1.54) is 12.1 Å². The van der Waals surface area contributed by atoms with Crippen molar-refractivity contribution in [3.05, 3.63) is 65.2 Å². The van der Waals surface area contributed by atoms with E-state index in [1.807, 2.05) is 35.2 Å². The minimum atomic E-state index is -4.40. The average molecular weight is 350 g/mol. The molecule has 1 heterocycles. The van der Waals surface area contributed by atoms with Crippen molar-refractivity contribution in [2.75, 3.05) is 18.8 Å². The molecule has 3 nitrogen and oxygen atoms in total. The molecule has 0 spiro atoms. The number of halogens is 3. The molecule has 6 heteroatoms. The minimum absolute atomic E-state index is 0.0447. The standard InChI is InChI=1S/C19H21F3N2O/c20-19(21,22)18-10-16(23)7-6-15(18)11-24-9-8-17(12-24)25-13-14-4-2-1-3-5-14/h1-7,10,17H,8-9,11-13,23H2/t17-/m0/s1. The topological polar surface area (TPSA) is 38.5 Å². The van der Waals surface area contributed by atoms with Crippen LogP contribution >= 0.6 is 0 Å². The molecule has 2 N–H and O–H groups in total. The van der Waals surface area contributed by atoms with Gasteiger partial charge in [-0.15, -0.1) is 0 Å². The number of nitrogens with two attached hydrogens (primary N) is 1. The van der Waals surface area contributed by atoms with Gasteiger partial charge in [-0.05, 0) is 29.7 Å². The zero-order chi connectivity index (χ0) is 17.9. The Bertz CT molecular complexity index is 704. The van der Waals surface area contributed by atoms with E-state index >= 15 is 0 Å². The van der Waals surface area contributed by atoms with Crippen molar-refractivity contribution in [2.45, 2.75) is 31.9 Å². The van der Waals surface area contributed by atoms with Crippen LogP contribution in [0.1, 0.15) is 23.1 Å². The summed E-state index contributed by atoms with van der Waals surface area (Å²) in [4.78, 5) is 2.00. The lowest BCUT2D eigenvalue weighted by Gasteiger charge is -2.20. The van der Waals surface area contributed by atoms with Gasteiger partial charge in [-0.3, -0.25) is 4.90 Å². The molecule has 3 rings (SSSR count). The highest BCUT2D eigenvalue weighted by atomic mass is 19.4. The van der Waals surface area contributed by atoms with Gasteiger partial charge in [0.1, 0.15) is 0 Å². The molecule has 1 aliphatic heterocycles. The maximum atomic E-state index is 13.2. The molecule has 1 fully saturated rings. The van der Waals surface area contributed by atoms with Crippen molar-refractivity contribution >= 4 is 5.69 Å². The van der Waals surface area contributed by atoms with Gasteiger partial charge in [-0.1, -0.05) is 36.4 Å². The lowest BCUT2D eigenvalue weighted by molar-refractivity contribution is -0.138. The summed E-state index contributed by atoms with van der Waals surface area (Å²) in [7, 11) is 0. The Kier molecular flexibility index (Phi) is 5.30. The Hall–Kier alpha value is -2.05. The van der Waals surface area contributed by atoms with Gasteiger partial charge in [0.25, 0.3) is 0 Å². The van der Waals surface area contributed by atoms with Gasteiger partial charge in [0.05, 0.1) is 18.3 Å². The summed E-state index contributed by atoms with van der Waals surface area (Å²) in [5.41, 5.74) is 6.34. The van der Waals surface area contributed by atoms with Gasteiger partial charge >= 0.3 is 6.18 Å². The zero-order valence-electron chi connectivity index (χ0n) is 13.8. The molecule has 0 amide bonds. The van der Waals surface area contributed by atoms with E-state index in [2.05, 4.69) is 0 Å². The normalized spacial score (nSPS) is 18.6. The van der Waals surface area contributed by atoms with Crippen LogP contribution < -0.4 is 5.73 Å². The minimum Gasteiger partial charge on any atom is -0.399 e. The summed E-state index contributed by atoms with van der Waals surface area (Å²) >= 11 is 0. The SMILES string of the molecule is Nc1ccc(CN2CC[C@H](OCc3ccccc3)C2)c(C(F)(F)F)c1. The van der Waals surface area contributed by atoms with E-state index in [1.54, 1.807) is 0 Å². The van der Waals surface area contributed by atoms with Crippen LogP contribution in [0.25, 0.3) is 0 Å². The molecule has 0 bridgehead atoms. The van der Waals surface area contributed by atoms with E-state index < -0.39 is 11.7 Å². The third-order valence-electron chi connectivity index (χ3n) is 4.39. The van der Waals surface area contributed by atoms with Crippen LogP contribution in [0, 0.1) is 0 Å². The highest BCUT2D eigenvalue weighted by Crippen LogP contribution is 2.34. The number of hydrogen-bond acceptors (Lipinski definition) is 3. The van der Waals surface area contributed by atoms with Gasteiger partial charge in [-0.25, -0.2) is 0 Å². The van der Waals surface area contributed by atoms with Crippen LogP contribution in [-0.2, 0) is 24.1 Å². The van der Waals surface area contributed by atoms with Gasteiger partial charge < -0.3 is 10.5 Å². The number of nitrogen functional groups attached to an aromatic ring is 1. The molecule has 1 aliphatic rings. The summed E-state index contributed by atoms with van der Waals surface area (Å²) in [6, 6.07) is 13.9. The second kappa shape index (κ2) is 7.45. The average Bonchev–Trinajstić information content (AvgIpc) is 3.02. The molecule has 0 aliphatic carbocycles. The summed E-state index contributed by atoms with van der Waals surface area (Å²) in [6.07, 6.45) is -3.53. The molecule has 1 saturated heterocycles. The third-order valence-corrected chi connectivity index (χ3v) is 4.39. The molecule has 1 atom stereocenters. The number of hydrogen-bond donors (Lipinski definition) is 1. The Labute approximate surface area is 145 Å². The fraction of sp³-hybridized carbons (Fsp3) is 0.368. The predicted molar refractivity (Wildman–Crippen MR) is 90.8 cm³/mol. The van der Waals surface area contributed by atoms with Crippen LogP contribution in [0.5, 0.6) is 0 Å². The molecular formula is C19H21F3N2O. The summed E-state index contributed by atoms with van der Waals surface area (Å²) in [5, 5.41) is 0. The Morgan fingerprint density at radius 3 is 2.60 bits per heavy atom. The number of anilines is 1. The second-order valence-corrected chi connectivity index (χ2v) is 6.36. The van der Waals surface area contributed by atoms with Gasteiger partial charge in [-0.2, -0.15) is 13.2 Å². The fourth-order valence-corrected chi connectivity index (χ4v) is 3.10. The second-order valence-electron chi connectivity index (χ2n) is 6.36. The van der Waals surface area contributed by atoms with Crippen molar-refractivity contribution in [1.29, 1.82) is 0 Å². The van der Waals surface area contributed by atoms with Crippen LogP contribution in [0.2, 0.25) is 0 Å². The Morgan fingerprint density at radius 1 is 1.12 bits per heavy atom. The highest BCUT2D eigenvalue weighted by molar-refractivity contribution is 5.46.